The van der Waals surface area contributed by atoms with E-state index in [4.69, 9.17) is 10.8 Å². The van der Waals surface area contributed by atoms with Gasteiger partial charge >= 0.3 is 5.97 Å². The first-order valence-electron chi connectivity index (χ1n) is 4.41. The van der Waals surface area contributed by atoms with Crippen molar-refractivity contribution in [2.45, 2.75) is 27.2 Å². The summed E-state index contributed by atoms with van der Waals surface area (Å²) in [6.45, 7) is 6.37. The lowest BCUT2D eigenvalue weighted by Crippen LogP contribution is -2.30. The third-order valence-electron chi connectivity index (χ3n) is 2.10. The molecule has 3 N–H and O–H groups in total. The number of rotatable bonds is 5. The summed E-state index contributed by atoms with van der Waals surface area (Å²) in [6, 6.07) is 0. The van der Waals surface area contributed by atoms with Gasteiger partial charge in [0.05, 0.1) is 5.92 Å². The van der Waals surface area contributed by atoms with Crippen LogP contribution in [0.25, 0.3) is 0 Å². The summed E-state index contributed by atoms with van der Waals surface area (Å²) in [5, 5.41) is 8.78. The molecule has 0 aromatic rings. The van der Waals surface area contributed by atoms with Gasteiger partial charge in [0.1, 0.15) is 0 Å². The molecule has 3 nitrogen and oxygen atoms in total. The van der Waals surface area contributed by atoms with Crippen molar-refractivity contribution in [3.8, 4) is 0 Å². The monoisotopic (exact) mass is 173 g/mol. The van der Waals surface area contributed by atoms with Gasteiger partial charge in [-0.15, -0.1) is 0 Å². The molecule has 3 heteroatoms. The van der Waals surface area contributed by atoms with Crippen LogP contribution >= 0.6 is 0 Å². The fourth-order valence-corrected chi connectivity index (χ4v) is 1.48. The highest BCUT2D eigenvalue weighted by molar-refractivity contribution is 5.70. The third-order valence-corrected chi connectivity index (χ3v) is 2.10. The second kappa shape index (κ2) is 5.14. The summed E-state index contributed by atoms with van der Waals surface area (Å²) < 4.78 is 0. The normalized spacial score (nSPS) is 16.1. The van der Waals surface area contributed by atoms with Crippen LogP contribution in [0.15, 0.2) is 0 Å². The molecule has 12 heavy (non-hydrogen) atoms. The molecule has 0 amide bonds. The molecule has 72 valence electrons. The Morgan fingerprint density at radius 3 is 2.17 bits per heavy atom. The van der Waals surface area contributed by atoms with Crippen LogP contribution in [0.2, 0.25) is 0 Å². The van der Waals surface area contributed by atoms with E-state index in [1.54, 1.807) is 0 Å². The summed E-state index contributed by atoms with van der Waals surface area (Å²) >= 11 is 0. The predicted molar refractivity (Wildman–Crippen MR) is 48.8 cm³/mol. The van der Waals surface area contributed by atoms with E-state index in [1.807, 2.05) is 6.92 Å². The minimum atomic E-state index is -0.773. The van der Waals surface area contributed by atoms with E-state index in [0.29, 0.717) is 5.92 Å². The van der Waals surface area contributed by atoms with Crippen molar-refractivity contribution < 1.29 is 9.90 Å². The van der Waals surface area contributed by atoms with E-state index in [1.165, 1.54) is 0 Å². The molecule has 0 aromatic carbocycles. The van der Waals surface area contributed by atoms with Gasteiger partial charge in [-0.1, -0.05) is 20.8 Å². The largest absolute Gasteiger partial charge is 0.481 e. The van der Waals surface area contributed by atoms with Crippen molar-refractivity contribution in [1.82, 2.24) is 0 Å². The smallest absolute Gasteiger partial charge is 0.308 e. The number of hydrogen-bond donors (Lipinski definition) is 2. The van der Waals surface area contributed by atoms with Gasteiger partial charge in [0.2, 0.25) is 0 Å². The fraction of sp³-hybridized carbons (Fsp3) is 0.889. The van der Waals surface area contributed by atoms with Gasteiger partial charge in [-0.05, 0) is 18.3 Å². The van der Waals surface area contributed by atoms with Crippen molar-refractivity contribution in [2.24, 2.45) is 23.5 Å². The lowest BCUT2D eigenvalue weighted by atomic mass is 9.87. The molecule has 0 aliphatic rings. The number of carbonyl (C=O) groups is 1. The van der Waals surface area contributed by atoms with Crippen LogP contribution in [0, 0.1) is 17.8 Å². The molecule has 0 aromatic heterocycles. The quantitative estimate of drug-likeness (QED) is 0.659. The van der Waals surface area contributed by atoms with E-state index in [0.717, 1.165) is 6.42 Å². The Bertz CT molecular complexity index is 145. The van der Waals surface area contributed by atoms with Crippen LogP contribution < -0.4 is 5.73 Å². The van der Waals surface area contributed by atoms with Crippen LogP contribution in [-0.4, -0.2) is 17.6 Å². The first-order valence-corrected chi connectivity index (χ1v) is 4.41. The lowest BCUT2D eigenvalue weighted by molar-refractivity contribution is -0.143. The van der Waals surface area contributed by atoms with E-state index < -0.39 is 5.97 Å². The molecule has 0 aliphatic heterocycles. The average molecular weight is 173 g/mol. The van der Waals surface area contributed by atoms with Crippen molar-refractivity contribution in [2.75, 3.05) is 6.54 Å². The minimum Gasteiger partial charge on any atom is -0.481 e. The predicted octanol–water partition coefficient (Wildman–Crippen LogP) is 1.33. The Morgan fingerprint density at radius 1 is 1.42 bits per heavy atom. The molecule has 0 radical (unpaired) electrons. The average Bonchev–Trinajstić information content (AvgIpc) is 1.85. The highest BCUT2D eigenvalue weighted by Crippen LogP contribution is 2.19. The van der Waals surface area contributed by atoms with Crippen molar-refractivity contribution >= 4 is 5.97 Å². The van der Waals surface area contributed by atoms with Crippen LogP contribution in [0.4, 0.5) is 0 Å². The minimum absolute atomic E-state index is 0.174. The maximum absolute atomic E-state index is 10.7. The Balaban J connectivity index is 4.02. The molecule has 0 fully saturated rings. The van der Waals surface area contributed by atoms with Gasteiger partial charge in [-0.3, -0.25) is 4.79 Å². The van der Waals surface area contributed by atoms with Crippen molar-refractivity contribution in [1.29, 1.82) is 0 Å². The van der Waals surface area contributed by atoms with Crippen LogP contribution in [0.1, 0.15) is 27.2 Å². The summed E-state index contributed by atoms with van der Waals surface area (Å²) in [7, 11) is 0. The zero-order valence-electron chi connectivity index (χ0n) is 8.08. The molecule has 0 saturated carbocycles. The standard InChI is InChI=1S/C9H19NO2/c1-6(2)4-7(3)8(5-10)9(11)12/h6-8H,4-5,10H2,1-3H3,(H,11,12). The number of nitrogens with two attached hydrogens (primary N) is 1. The second-order valence-corrected chi connectivity index (χ2v) is 3.79. The first-order chi connectivity index (χ1) is 5.49. The molecule has 2 atom stereocenters. The molecular formula is C9H19NO2. The highest BCUT2D eigenvalue weighted by atomic mass is 16.4. The molecule has 2 unspecified atom stereocenters. The third kappa shape index (κ3) is 3.72. The summed E-state index contributed by atoms with van der Waals surface area (Å²) in [5.41, 5.74) is 5.37. The number of carboxylic acid groups (broad SMARTS) is 1. The lowest BCUT2D eigenvalue weighted by Gasteiger charge is -2.19. The fourth-order valence-electron chi connectivity index (χ4n) is 1.48. The molecule has 0 heterocycles. The molecule has 0 spiro atoms. The van der Waals surface area contributed by atoms with Crippen LogP contribution in [0.3, 0.4) is 0 Å². The highest BCUT2D eigenvalue weighted by Gasteiger charge is 2.23. The summed E-state index contributed by atoms with van der Waals surface area (Å²) in [6.07, 6.45) is 0.925. The topological polar surface area (TPSA) is 63.3 Å². The number of carboxylic acids is 1. The van der Waals surface area contributed by atoms with Crippen molar-refractivity contribution in [3.05, 3.63) is 0 Å². The van der Waals surface area contributed by atoms with Gasteiger partial charge in [-0.25, -0.2) is 0 Å². The number of aliphatic carboxylic acids is 1. The zero-order chi connectivity index (χ0) is 9.72. The van der Waals surface area contributed by atoms with Crippen LogP contribution in [0.5, 0.6) is 0 Å². The maximum atomic E-state index is 10.7. The van der Waals surface area contributed by atoms with E-state index in [2.05, 4.69) is 13.8 Å². The summed E-state index contributed by atoms with van der Waals surface area (Å²) in [4.78, 5) is 10.7. The Labute approximate surface area is 74.0 Å². The van der Waals surface area contributed by atoms with E-state index >= 15 is 0 Å². The molecule has 0 bridgehead atoms. The van der Waals surface area contributed by atoms with E-state index in [9.17, 15) is 4.79 Å². The molecule has 0 rings (SSSR count). The Hall–Kier alpha value is -0.570. The first kappa shape index (κ1) is 11.4. The van der Waals surface area contributed by atoms with Gasteiger partial charge in [0, 0.05) is 6.54 Å². The number of hydrogen-bond acceptors (Lipinski definition) is 2. The molecular weight excluding hydrogens is 154 g/mol. The maximum Gasteiger partial charge on any atom is 0.308 e. The van der Waals surface area contributed by atoms with E-state index in [-0.39, 0.29) is 18.4 Å². The zero-order valence-corrected chi connectivity index (χ0v) is 8.08. The van der Waals surface area contributed by atoms with Gasteiger partial charge in [-0.2, -0.15) is 0 Å². The Kier molecular flexibility index (Phi) is 4.90. The molecule has 0 saturated heterocycles. The Morgan fingerprint density at radius 2 is 1.92 bits per heavy atom. The summed E-state index contributed by atoms with van der Waals surface area (Å²) in [5.74, 6) is -0.445. The SMILES string of the molecule is CC(C)CC(C)C(CN)C(=O)O. The van der Waals surface area contributed by atoms with Crippen LogP contribution in [-0.2, 0) is 4.79 Å². The van der Waals surface area contributed by atoms with Crippen molar-refractivity contribution in [3.63, 3.8) is 0 Å². The molecule has 0 aliphatic carbocycles. The van der Waals surface area contributed by atoms with Gasteiger partial charge in [0.25, 0.3) is 0 Å². The van der Waals surface area contributed by atoms with Gasteiger partial charge in [0.15, 0.2) is 0 Å². The second-order valence-electron chi connectivity index (χ2n) is 3.79. The van der Waals surface area contributed by atoms with Gasteiger partial charge < -0.3 is 10.8 Å².